The molecule has 0 unspecified atom stereocenters. The SMILES string of the molecule is O=S(#[O+])OOS(=O)(=O)OO. The van der Waals surface area contributed by atoms with Crippen LogP contribution in [0.15, 0.2) is 0 Å². The van der Waals surface area contributed by atoms with Crippen LogP contribution >= 0.6 is 0 Å². The first kappa shape index (κ1) is 9.77. The van der Waals surface area contributed by atoms with E-state index in [1.807, 2.05) is 0 Å². The van der Waals surface area contributed by atoms with Crippen LogP contribution in [0.2, 0.25) is 0 Å². The van der Waals surface area contributed by atoms with Crippen LogP contribution in [0.5, 0.6) is 0 Å². The Bertz CT molecular complexity index is 287. The molecule has 60 valence electrons. The maximum atomic E-state index is 9.81. The first-order chi connectivity index (χ1) is 4.48. The van der Waals surface area contributed by atoms with Crippen LogP contribution in [0.25, 0.3) is 0 Å². The molecule has 0 aromatic carbocycles. The van der Waals surface area contributed by atoms with Gasteiger partial charge in [0.15, 0.2) is 0 Å². The van der Waals surface area contributed by atoms with Crippen molar-refractivity contribution in [2.45, 2.75) is 0 Å². The number of rotatable bonds is 3. The zero-order chi connectivity index (χ0) is 8.20. The van der Waals surface area contributed by atoms with Crippen LogP contribution in [0.1, 0.15) is 0 Å². The molecule has 0 aliphatic heterocycles. The van der Waals surface area contributed by atoms with Gasteiger partial charge >= 0.3 is 56.2 Å². The van der Waals surface area contributed by atoms with Crippen LogP contribution in [0.4, 0.5) is 0 Å². The Hall–Kier alpha value is -0.230. The van der Waals surface area contributed by atoms with Crippen LogP contribution < -0.4 is 0 Å². The molecule has 0 radical (unpaired) electrons. The van der Waals surface area contributed by atoms with Crippen molar-refractivity contribution >= 4 is 21.2 Å². The standard InChI is InChI=1S/O8S2/c1-6-10(4,5)8-7-9(2)3/p+1. The van der Waals surface area contributed by atoms with Crippen LogP contribution in [0.3, 0.4) is 0 Å². The zero-order valence-electron chi connectivity index (χ0n) is 4.12. The van der Waals surface area contributed by atoms with Gasteiger partial charge in [-0.3, -0.25) is 0 Å². The molecule has 8 nitrogen and oxygen atoms in total. The van der Waals surface area contributed by atoms with Gasteiger partial charge in [-0.15, -0.1) is 0 Å². The summed E-state index contributed by atoms with van der Waals surface area (Å²) in [6.45, 7) is 0. The maximum absolute atomic E-state index is 9.81. The van der Waals surface area contributed by atoms with Crippen LogP contribution in [-0.4, -0.2) is 17.9 Å². The van der Waals surface area contributed by atoms with Crippen LogP contribution in [0, 0.1) is 0 Å². The molecule has 0 aromatic rings. The Labute approximate surface area is 57.0 Å². The van der Waals surface area contributed by atoms with E-state index in [1.165, 1.54) is 0 Å². The van der Waals surface area contributed by atoms with Gasteiger partial charge in [-0.05, 0) is 0 Å². The molecule has 0 amide bonds. The summed E-state index contributed by atoms with van der Waals surface area (Å²) in [5.74, 6) is 0. The molecular weight excluding hydrogens is 192 g/mol. The minimum atomic E-state index is -4.77. The van der Waals surface area contributed by atoms with E-state index in [4.69, 9.17) is 5.26 Å². The Morgan fingerprint density at radius 1 is 1.50 bits per heavy atom. The molecule has 0 aliphatic carbocycles. The van der Waals surface area contributed by atoms with E-state index in [-0.39, 0.29) is 0 Å². The van der Waals surface area contributed by atoms with Gasteiger partial charge in [-0.2, -0.15) is 0 Å². The fraction of sp³-hybridized carbons (Fsp3) is 0. The van der Waals surface area contributed by atoms with E-state index in [2.05, 4.69) is 13.0 Å². The average molecular weight is 193 g/mol. The van der Waals surface area contributed by atoms with Gasteiger partial charge in [-0.1, -0.05) is 0 Å². The Balaban J connectivity index is 3.97. The topological polar surface area (TPSA) is 119 Å². The quantitative estimate of drug-likeness (QED) is 0.335. The molecule has 0 aromatic heterocycles. The molecule has 0 bridgehead atoms. The van der Waals surface area contributed by atoms with Crippen molar-refractivity contribution in [1.82, 2.24) is 0 Å². The number of hydrogen-bond acceptors (Lipinski definition) is 7. The summed E-state index contributed by atoms with van der Waals surface area (Å²) >= 11 is 0. The molecular formula is HO8S2+. The van der Waals surface area contributed by atoms with Crippen molar-refractivity contribution in [3.63, 3.8) is 0 Å². The van der Waals surface area contributed by atoms with Gasteiger partial charge in [0.25, 0.3) is 0 Å². The summed E-state index contributed by atoms with van der Waals surface area (Å²) in [6.07, 6.45) is 0. The Morgan fingerprint density at radius 2 is 2.00 bits per heavy atom. The second-order valence-corrected chi connectivity index (χ2v) is 2.47. The molecule has 0 fully saturated rings. The van der Waals surface area contributed by atoms with Crippen molar-refractivity contribution in [1.29, 1.82) is 0 Å². The molecule has 0 saturated carbocycles. The van der Waals surface area contributed by atoms with E-state index >= 15 is 0 Å². The molecule has 0 spiro atoms. The summed E-state index contributed by atoms with van der Waals surface area (Å²) in [4.78, 5) is 0. The monoisotopic (exact) mass is 193 g/mol. The fourth-order valence-corrected chi connectivity index (χ4v) is 0.548. The zero-order valence-corrected chi connectivity index (χ0v) is 5.75. The van der Waals surface area contributed by atoms with Crippen molar-refractivity contribution in [2.24, 2.45) is 0 Å². The second-order valence-electron chi connectivity index (χ2n) is 0.823. The summed E-state index contributed by atoms with van der Waals surface area (Å²) in [6, 6.07) is 0. The Kier molecular flexibility index (Phi) is 3.73. The second kappa shape index (κ2) is 3.82. The summed E-state index contributed by atoms with van der Waals surface area (Å²) in [7, 11) is -7.93. The van der Waals surface area contributed by atoms with Crippen molar-refractivity contribution in [3.8, 4) is 0 Å². The molecule has 0 heterocycles. The summed E-state index contributed by atoms with van der Waals surface area (Å²) in [5.41, 5.74) is 0. The molecule has 0 rings (SSSR count). The van der Waals surface area contributed by atoms with Gasteiger partial charge in [0.05, 0.1) is 0 Å². The van der Waals surface area contributed by atoms with Gasteiger partial charge in [0.2, 0.25) is 0 Å². The molecule has 0 atom stereocenters. The van der Waals surface area contributed by atoms with Gasteiger partial charge in [0, 0.05) is 0 Å². The molecule has 0 aliphatic rings. The third kappa shape index (κ3) is 4.63. The van der Waals surface area contributed by atoms with E-state index in [0.29, 0.717) is 0 Å². The van der Waals surface area contributed by atoms with Crippen LogP contribution in [-0.2, 0) is 38.3 Å². The molecule has 0 saturated heterocycles. The van der Waals surface area contributed by atoms with E-state index in [1.54, 1.807) is 0 Å². The van der Waals surface area contributed by atoms with E-state index in [0.717, 1.165) is 0 Å². The first-order valence-electron chi connectivity index (χ1n) is 1.52. The van der Waals surface area contributed by atoms with Gasteiger partial charge < -0.3 is 0 Å². The van der Waals surface area contributed by atoms with E-state index in [9.17, 15) is 16.7 Å². The van der Waals surface area contributed by atoms with Crippen molar-refractivity contribution in [3.05, 3.63) is 0 Å². The van der Waals surface area contributed by atoms with E-state index < -0.39 is 21.2 Å². The summed E-state index contributed by atoms with van der Waals surface area (Å²) in [5, 5.41) is 7.41. The first-order valence-corrected chi connectivity index (χ1v) is 3.85. The average Bonchev–Trinajstić information content (AvgIpc) is 1.85. The molecule has 10 heteroatoms. The van der Waals surface area contributed by atoms with Gasteiger partial charge in [-0.25, -0.2) is 0 Å². The number of hydrogen-bond donors (Lipinski definition) is 1. The normalized spacial score (nSPS) is 11.2. The Morgan fingerprint density at radius 3 is 2.30 bits per heavy atom. The third-order valence-electron chi connectivity index (χ3n) is 0.258. The minimum absolute atomic E-state index is 2.64. The summed E-state index contributed by atoms with van der Waals surface area (Å²) < 4.78 is 47.2. The van der Waals surface area contributed by atoms with Crippen molar-refractivity contribution in [2.75, 3.05) is 0 Å². The van der Waals surface area contributed by atoms with Crippen molar-refractivity contribution < 1.29 is 34.9 Å². The fourth-order valence-electron chi connectivity index (χ4n) is 0.0691. The molecule has 10 heavy (non-hydrogen) atoms. The third-order valence-corrected chi connectivity index (χ3v) is 0.941. The van der Waals surface area contributed by atoms with Gasteiger partial charge in [0.1, 0.15) is 0 Å². The molecule has 1 N–H and O–H groups in total. The predicted molar refractivity (Wildman–Crippen MR) is 23.6 cm³/mol. The predicted octanol–water partition coefficient (Wildman–Crippen LogP) is -1.32.